The van der Waals surface area contributed by atoms with Crippen LogP contribution in [-0.2, 0) is 0 Å². The molecule has 8 heteroatoms. The molecule has 1 N–H and O–H groups in total. The summed E-state index contributed by atoms with van der Waals surface area (Å²) in [7, 11) is 0. The largest absolute Gasteiger partial charge is 0.439 e. The number of halogens is 2. The summed E-state index contributed by atoms with van der Waals surface area (Å²) in [6.07, 6.45) is 3.93. The van der Waals surface area contributed by atoms with Gasteiger partial charge in [-0.05, 0) is 55.1 Å². The number of benzene rings is 1. The van der Waals surface area contributed by atoms with E-state index in [2.05, 4.69) is 20.4 Å². The monoisotopic (exact) mass is 388 g/mol. The predicted molar refractivity (Wildman–Crippen MR) is 98.5 cm³/mol. The molecule has 0 bridgehead atoms. The zero-order chi connectivity index (χ0) is 17.6. The fraction of sp³-hybridized carbons (Fsp3) is 0.316. The Morgan fingerprint density at radius 3 is 2.74 bits per heavy atom. The molecular weight excluding hydrogens is 371 g/mol. The van der Waals surface area contributed by atoms with Gasteiger partial charge in [0.15, 0.2) is 0 Å². The lowest BCUT2D eigenvalue weighted by molar-refractivity contribution is 0.364. The fourth-order valence-electron chi connectivity index (χ4n) is 3.62. The Labute approximate surface area is 161 Å². The SMILES string of the molecule is Cl.Fc1ccc(Oc2ccc(-c3noc(C4CC45CCNC5)n3)cn2)cc1. The van der Waals surface area contributed by atoms with Crippen LogP contribution in [0, 0.1) is 11.2 Å². The Morgan fingerprint density at radius 2 is 2.04 bits per heavy atom. The van der Waals surface area contributed by atoms with Gasteiger partial charge in [0.05, 0.1) is 0 Å². The van der Waals surface area contributed by atoms with E-state index in [1.54, 1.807) is 24.4 Å². The molecule has 140 valence electrons. The third-order valence-corrected chi connectivity index (χ3v) is 5.24. The second-order valence-electron chi connectivity index (χ2n) is 6.94. The minimum Gasteiger partial charge on any atom is -0.439 e. The molecule has 2 atom stereocenters. The molecule has 1 saturated heterocycles. The smallest absolute Gasteiger partial charge is 0.230 e. The van der Waals surface area contributed by atoms with Gasteiger partial charge in [-0.3, -0.25) is 0 Å². The number of pyridine rings is 1. The maximum atomic E-state index is 12.9. The highest BCUT2D eigenvalue weighted by molar-refractivity contribution is 5.85. The molecule has 27 heavy (non-hydrogen) atoms. The van der Waals surface area contributed by atoms with Gasteiger partial charge in [0.25, 0.3) is 0 Å². The number of hydrogen-bond acceptors (Lipinski definition) is 6. The van der Waals surface area contributed by atoms with Gasteiger partial charge in [0.1, 0.15) is 11.6 Å². The maximum Gasteiger partial charge on any atom is 0.230 e. The van der Waals surface area contributed by atoms with Gasteiger partial charge in [0.2, 0.25) is 17.6 Å². The topological polar surface area (TPSA) is 73.1 Å². The quantitative estimate of drug-likeness (QED) is 0.729. The lowest BCUT2D eigenvalue weighted by Gasteiger charge is -2.04. The third-order valence-electron chi connectivity index (χ3n) is 5.24. The first kappa shape index (κ1) is 17.9. The molecular formula is C19H18ClFN4O2. The number of nitrogens with zero attached hydrogens (tertiary/aromatic N) is 3. The molecule has 2 aliphatic rings. The number of rotatable bonds is 4. The van der Waals surface area contributed by atoms with Crippen LogP contribution in [0.1, 0.15) is 24.7 Å². The first-order valence-corrected chi connectivity index (χ1v) is 8.66. The summed E-state index contributed by atoms with van der Waals surface area (Å²) in [5.74, 6) is 2.26. The predicted octanol–water partition coefficient (Wildman–Crippen LogP) is 3.95. The molecule has 1 aliphatic carbocycles. The zero-order valence-electron chi connectivity index (χ0n) is 14.4. The highest BCUT2D eigenvalue weighted by Gasteiger charge is 2.58. The standard InChI is InChI=1S/C19H17FN4O2.ClH/c20-13-2-4-14(5-3-13)25-16-6-1-12(10-22-16)17-23-18(26-24-17)15-9-19(15)7-8-21-11-19;/h1-6,10,15,21H,7-9,11H2;1H. The Balaban J connectivity index is 0.00000180. The van der Waals surface area contributed by atoms with Gasteiger partial charge >= 0.3 is 0 Å². The van der Waals surface area contributed by atoms with Crippen LogP contribution in [0.4, 0.5) is 4.39 Å². The summed E-state index contributed by atoms with van der Waals surface area (Å²) in [5, 5.41) is 7.50. The number of nitrogens with one attached hydrogen (secondary N) is 1. The van der Waals surface area contributed by atoms with E-state index < -0.39 is 0 Å². The average molecular weight is 389 g/mol. The van der Waals surface area contributed by atoms with E-state index >= 15 is 0 Å². The van der Waals surface area contributed by atoms with Crippen LogP contribution in [-0.4, -0.2) is 28.2 Å². The van der Waals surface area contributed by atoms with Crippen LogP contribution in [0.3, 0.4) is 0 Å². The van der Waals surface area contributed by atoms with Crippen molar-refractivity contribution in [2.75, 3.05) is 13.1 Å². The van der Waals surface area contributed by atoms with E-state index in [0.717, 1.165) is 31.0 Å². The van der Waals surface area contributed by atoms with Crippen molar-refractivity contribution in [1.82, 2.24) is 20.4 Å². The van der Waals surface area contributed by atoms with Crippen LogP contribution in [0.5, 0.6) is 11.6 Å². The Kier molecular flexibility index (Phi) is 4.57. The minimum absolute atomic E-state index is 0. The van der Waals surface area contributed by atoms with Crippen LogP contribution in [0.25, 0.3) is 11.4 Å². The van der Waals surface area contributed by atoms with Crippen molar-refractivity contribution in [3.05, 3.63) is 54.3 Å². The van der Waals surface area contributed by atoms with E-state index in [-0.39, 0.29) is 18.2 Å². The summed E-state index contributed by atoms with van der Waals surface area (Å²) in [5.41, 5.74) is 1.10. The second kappa shape index (κ2) is 6.90. The normalized spacial score (nSPS) is 23.2. The number of aromatic nitrogens is 3. The van der Waals surface area contributed by atoms with Crippen molar-refractivity contribution in [3.63, 3.8) is 0 Å². The second-order valence-corrected chi connectivity index (χ2v) is 6.94. The molecule has 3 aromatic rings. The van der Waals surface area contributed by atoms with Crippen molar-refractivity contribution in [1.29, 1.82) is 0 Å². The zero-order valence-corrected chi connectivity index (χ0v) is 15.2. The molecule has 5 rings (SSSR count). The summed E-state index contributed by atoms with van der Waals surface area (Å²) in [6, 6.07) is 9.36. The third kappa shape index (κ3) is 3.40. The van der Waals surface area contributed by atoms with Crippen molar-refractivity contribution >= 4 is 12.4 Å². The molecule has 1 aromatic carbocycles. The van der Waals surface area contributed by atoms with Crippen molar-refractivity contribution in [3.8, 4) is 23.0 Å². The molecule has 1 saturated carbocycles. The maximum absolute atomic E-state index is 12.9. The summed E-state index contributed by atoms with van der Waals surface area (Å²) in [6.45, 7) is 2.10. The fourth-order valence-corrected chi connectivity index (χ4v) is 3.62. The molecule has 6 nitrogen and oxygen atoms in total. The van der Waals surface area contributed by atoms with E-state index in [0.29, 0.717) is 28.8 Å². The van der Waals surface area contributed by atoms with Gasteiger partial charge in [-0.1, -0.05) is 5.16 Å². The highest BCUT2D eigenvalue weighted by atomic mass is 35.5. The number of ether oxygens (including phenoxy) is 1. The van der Waals surface area contributed by atoms with Crippen molar-refractivity contribution in [2.24, 2.45) is 5.41 Å². The summed E-state index contributed by atoms with van der Waals surface area (Å²) in [4.78, 5) is 8.82. The summed E-state index contributed by atoms with van der Waals surface area (Å²) < 4.78 is 24.0. The van der Waals surface area contributed by atoms with Gasteiger partial charge in [-0.15, -0.1) is 12.4 Å². The van der Waals surface area contributed by atoms with Crippen molar-refractivity contribution in [2.45, 2.75) is 18.8 Å². The summed E-state index contributed by atoms with van der Waals surface area (Å²) >= 11 is 0. The highest BCUT2D eigenvalue weighted by Crippen LogP contribution is 2.62. The molecule has 0 radical (unpaired) electrons. The molecule has 2 aromatic heterocycles. The average Bonchev–Trinajstić information content (AvgIpc) is 3.02. The molecule has 1 aliphatic heterocycles. The van der Waals surface area contributed by atoms with E-state index in [1.807, 2.05) is 6.07 Å². The molecule has 3 heterocycles. The first-order valence-electron chi connectivity index (χ1n) is 8.66. The molecule has 2 fully saturated rings. The van der Waals surface area contributed by atoms with Crippen molar-refractivity contribution < 1.29 is 13.7 Å². The van der Waals surface area contributed by atoms with Crippen LogP contribution in [0.2, 0.25) is 0 Å². The molecule has 0 amide bonds. The minimum atomic E-state index is -0.306. The van der Waals surface area contributed by atoms with E-state index in [1.165, 1.54) is 18.6 Å². The molecule has 2 unspecified atom stereocenters. The Hall–Kier alpha value is -2.51. The Bertz CT molecular complexity index is 924. The molecule has 1 spiro atoms. The lowest BCUT2D eigenvalue weighted by atomic mass is 10.0. The Morgan fingerprint density at radius 1 is 1.19 bits per heavy atom. The van der Waals surface area contributed by atoms with E-state index in [9.17, 15) is 4.39 Å². The van der Waals surface area contributed by atoms with E-state index in [4.69, 9.17) is 9.26 Å². The number of hydrogen-bond donors (Lipinski definition) is 1. The van der Waals surface area contributed by atoms with Gasteiger partial charge in [-0.25, -0.2) is 9.37 Å². The van der Waals surface area contributed by atoms with Crippen LogP contribution in [0.15, 0.2) is 47.1 Å². The van der Waals surface area contributed by atoms with Gasteiger partial charge in [-0.2, -0.15) is 4.98 Å². The van der Waals surface area contributed by atoms with Gasteiger partial charge in [0, 0.05) is 30.3 Å². The van der Waals surface area contributed by atoms with Crippen LogP contribution >= 0.6 is 12.4 Å². The van der Waals surface area contributed by atoms with Crippen LogP contribution < -0.4 is 10.1 Å². The first-order chi connectivity index (χ1) is 12.7. The lowest BCUT2D eigenvalue weighted by Crippen LogP contribution is -2.10. The van der Waals surface area contributed by atoms with Gasteiger partial charge < -0.3 is 14.6 Å².